The molecule has 1 N–H and O–H groups in total. The second kappa shape index (κ2) is 11.9. The quantitative estimate of drug-likeness (QED) is 0.311. The Kier molecular flexibility index (Phi) is 8.26. The van der Waals surface area contributed by atoms with E-state index in [9.17, 15) is 9.59 Å². The predicted octanol–water partition coefficient (Wildman–Crippen LogP) is 4.78. The number of carbonyl (C=O) groups excluding carboxylic acids is 1. The number of pyridine rings is 1. The summed E-state index contributed by atoms with van der Waals surface area (Å²) in [6.07, 6.45) is 0.216. The van der Waals surface area contributed by atoms with E-state index in [-0.39, 0.29) is 30.0 Å². The van der Waals surface area contributed by atoms with E-state index in [1.165, 1.54) is 11.6 Å². The van der Waals surface area contributed by atoms with Crippen LogP contribution >= 0.6 is 0 Å². The third kappa shape index (κ3) is 6.05. The molecule has 2 atom stereocenters. The van der Waals surface area contributed by atoms with Gasteiger partial charge in [-0.3, -0.25) is 14.5 Å². The van der Waals surface area contributed by atoms with Gasteiger partial charge in [0.2, 0.25) is 5.56 Å². The topological polar surface area (TPSA) is 102 Å². The number of rotatable bonds is 8. The lowest BCUT2D eigenvalue weighted by molar-refractivity contribution is -0.143. The number of nitrogens with one attached hydrogen (secondary N) is 1. The fraction of sp³-hybridized carbons (Fsp3) is 0.438. The Morgan fingerprint density at radius 1 is 1.17 bits per heavy atom. The molecule has 0 bridgehead atoms. The van der Waals surface area contributed by atoms with Gasteiger partial charge < -0.3 is 14.5 Å². The Labute approximate surface area is 240 Å². The molecule has 9 heteroatoms. The predicted molar refractivity (Wildman–Crippen MR) is 158 cm³/mol. The molecule has 0 radical (unpaired) electrons. The minimum absolute atomic E-state index is 0.0106. The van der Waals surface area contributed by atoms with Crippen LogP contribution in [0.25, 0.3) is 11.0 Å². The number of hydrogen-bond donors (Lipinski definition) is 1. The number of aromatic nitrogens is 4. The molecule has 0 spiro atoms. The third-order valence-corrected chi connectivity index (χ3v) is 8.10. The lowest BCUT2D eigenvalue weighted by Gasteiger charge is -2.27. The van der Waals surface area contributed by atoms with E-state index in [1.54, 1.807) is 10.7 Å². The average molecular weight is 558 g/mol. The van der Waals surface area contributed by atoms with Crippen molar-refractivity contribution < 1.29 is 14.3 Å². The average Bonchev–Trinajstić information content (AvgIpc) is 3.21. The number of benzene rings is 2. The minimum atomic E-state index is -0.233. The lowest BCUT2D eigenvalue weighted by Crippen LogP contribution is -2.36. The van der Waals surface area contributed by atoms with Crippen LogP contribution in [-0.4, -0.2) is 50.1 Å². The van der Waals surface area contributed by atoms with Gasteiger partial charge in [0.1, 0.15) is 17.4 Å². The van der Waals surface area contributed by atoms with Crippen molar-refractivity contribution in [3.05, 3.63) is 86.3 Å². The van der Waals surface area contributed by atoms with Crippen molar-refractivity contribution in [2.75, 3.05) is 13.2 Å². The molecule has 0 fully saturated rings. The highest BCUT2D eigenvalue weighted by Crippen LogP contribution is 2.35. The minimum Gasteiger partial charge on any atom is -0.487 e. The van der Waals surface area contributed by atoms with Crippen molar-refractivity contribution >= 4 is 17.0 Å². The summed E-state index contributed by atoms with van der Waals surface area (Å²) in [7, 11) is 1.88. The number of fused-ring (bicyclic) bond motifs is 2. The van der Waals surface area contributed by atoms with Crippen LogP contribution in [0.3, 0.4) is 0 Å². The summed E-state index contributed by atoms with van der Waals surface area (Å²) < 4.78 is 13.5. The van der Waals surface area contributed by atoms with Gasteiger partial charge in [-0.05, 0) is 66.6 Å². The van der Waals surface area contributed by atoms with E-state index < -0.39 is 0 Å². The van der Waals surface area contributed by atoms with Crippen molar-refractivity contribution in [2.45, 2.75) is 66.2 Å². The Bertz CT molecular complexity index is 1620. The van der Waals surface area contributed by atoms with Crippen molar-refractivity contribution in [2.24, 2.45) is 13.0 Å². The van der Waals surface area contributed by atoms with E-state index in [2.05, 4.69) is 65.2 Å². The number of H-pyrrole nitrogens is 1. The summed E-state index contributed by atoms with van der Waals surface area (Å²) in [4.78, 5) is 30.2. The Morgan fingerprint density at radius 3 is 2.73 bits per heavy atom. The molecule has 0 saturated heterocycles. The first-order valence-electron chi connectivity index (χ1n) is 14.3. The molecule has 5 rings (SSSR count). The number of ether oxygens (including phenoxy) is 2. The van der Waals surface area contributed by atoms with Crippen LogP contribution in [0.5, 0.6) is 5.75 Å². The molecule has 1 aliphatic heterocycles. The second-order valence-electron chi connectivity index (χ2n) is 11.3. The van der Waals surface area contributed by atoms with Crippen molar-refractivity contribution in [3.63, 3.8) is 0 Å². The van der Waals surface area contributed by atoms with Crippen LogP contribution in [-0.2, 0) is 29.7 Å². The Morgan fingerprint density at radius 2 is 1.98 bits per heavy atom. The molecular weight excluding hydrogens is 518 g/mol. The van der Waals surface area contributed by atoms with Crippen molar-refractivity contribution in [3.8, 4) is 5.75 Å². The fourth-order valence-electron chi connectivity index (χ4n) is 5.68. The van der Waals surface area contributed by atoms with Crippen LogP contribution < -0.4 is 10.3 Å². The number of aromatic amines is 1. The van der Waals surface area contributed by atoms with Gasteiger partial charge in [0.25, 0.3) is 0 Å². The van der Waals surface area contributed by atoms with Gasteiger partial charge in [0, 0.05) is 38.7 Å². The maximum Gasteiger partial charge on any atom is 0.306 e. The highest BCUT2D eigenvalue weighted by molar-refractivity contribution is 5.80. The number of hydrogen-bond acceptors (Lipinski definition) is 7. The molecule has 1 aliphatic rings. The van der Waals surface area contributed by atoms with Gasteiger partial charge in [0.15, 0.2) is 0 Å². The molecule has 41 heavy (non-hydrogen) atoms. The largest absolute Gasteiger partial charge is 0.487 e. The van der Waals surface area contributed by atoms with Gasteiger partial charge in [-0.2, -0.15) is 0 Å². The molecule has 9 nitrogen and oxygen atoms in total. The number of aryl methyl sites for hydroxylation is 3. The van der Waals surface area contributed by atoms with Crippen LogP contribution in [0.2, 0.25) is 0 Å². The first kappa shape index (κ1) is 28.5. The van der Waals surface area contributed by atoms with E-state index in [0.717, 1.165) is 51.3 Å². The molecular formula is C32H39N5O4. The highest BCUT2D eigenvalue weighted by atomic mass is 16.5. The summed E-state index contributed by atoms with van der Waals surface area (Å²) in [6, 6.07) is 13.8. The van der Waals surface area contributed by atoms with Gasteiger partial charge in [0.05, 0.1) is 24.2 Å². The van der Waals surface area contributed by atoms with E-state index in [4.69, 9.17) is 9.47 Å². The van der Waals surface area contributed by atoms with Crippen LogP contribution in [0.15, 0.2) is 47.3 Å². The number of nitrogens with zero attached hydrogens (tertiary/aromatic N) is 4. The SMILES string of the molecule is CCOC(=O)C[C@H](c1ccc(C)c(CN2Cc3[nH]c(=O)ccc3O[C@H](C(C)C)C2)c1)c1ccc2c(nnn2C)c1C. The van der Waals surface area contributed by atoms with Gasteiger partial charge in [-0.15, -0.1) is 5.10 Å². The molecule has 0 unspecified atom stereocenters. The van der Waals surface area contributed by atoms with Crippen LogP contribution in [0.4, 0.5) is 0 Å². The number of carbonyl (C=O) groups is 1. The summed E-state index contributed by atoms with van der Waals surface area (Å²) in [5.74, 6) is 0.604. The summed E-state index contributed by atoms with van der Waals surface area (Å²) in [5, 5.41) is 8.58. The molecule has 4 aromatic rings. The highest BCUT2D eigenvalue weighted by Gasteiger charge is 2.27. The zero-order valence-electron chi connectivity index (χ0n) is 24.7. The summed E-state index contributed by atoms with van der Waals surface area (Å²) in [6.45, 7) is 12.6. The standard InChI is InChI=1S/C32H39N5O4/c1-7-40-31(39)15-25(24-10-11-27-32(21(24)5)34-35-36(27)6)22-9-8-20(4)23(14-22)16-37-17-26-28(12-13-30(38)33-26)41-29(18-37)19(2)3/h8-14,19,25,29H,7,15-18H2,1-6H3,(H,33,38)/t25-,29+/m1/s1. The van der Waals surface area contributed by atoms with Gasteiger partial charge in [-0.25, -0.2) is 4.68 Å². The second-order valence-corrected chi connectivity index (χ2v) is 11.3. The third-order valence-electron chi connectivity index (χ3n) is 8.10. The maximum absolute atomic E-state index is 12.8. The molecule has 0 saturated carbocycles. The summed E-state index contributed by atoms with van der Waals surface area (Å²) in [5.41, 5.74) is 7.87. The van der Waals surface area contributed by atoms with E-state index in [0.29, 0.717) is 25.6 Å². The van der Waals surface area contributed by atoms with Crippen molar-refractivity contribution in [1.29, 1.82) is 0 Å². The Hall–Kier alpha value is -3.98. The fourth-order valence-corrected chi connectivity index (χ4v) is 5.68. The summed E-state index contributed by atoms with van der Waals surface area (Å²) >= 11 is 0. The zero-order chi connectivity index (χ0) is 29.3. The molecule has 0 amide bonds. The van der Waals surface area contributed by atoms with Crippen LogP contribution in [0, 0.1) is 19.8 Å². The monoisotopic (exact) mass is 557 g/mol. The van der Waals surface area contributed by atoms with Crippen molar-refractivity contribution in [1.82, 2.24) is 24.9 Å². The molecule has 2 aromatic heterocycles. The van der Waals surface area contributed by atoms with E-state index >= 15 is 0 Å². The molecule has 3 heterocycles. The smallest absolute Gasteiger partial charge is 0.306 e. The molecule has 0 aliphatic carbocycles. The zero-order valence-corrected chi connectivity index (χ0v) is 24.7. The Balaban J connectivity index is 1.52. The van der Waals surface area contributed by atoms with Gasteiger partial charge in [-0.1, -0.05) is 43.3 Å². The maximum atomic E-state index is 12.8. The first-order chi connectivity index (χ1) is 19.6. The number of esters is 1. The molecule has 2 aromatic carbocycles. The van der Waals surface area contributed by atoms with E-state index in [1.807, 2.05) is 27.0 Å². The first-order valence-corrected chi connectivity index (χ1v) is 14.3. The normalized spacial score (nSPS) is 16.3. The van der Waals surface area contributed by atoms with Crippen LogP contribution in [0.1, 0.15) is 66.6 Å². The van der Waals surface area contributed by atoms with Gasteiger partial charge >= 0.3 is 5.97 Å². The molecule has 216 valence electrons. The lowest BCUT2D eigenvalue weighted by atomic mass is 9.84.